The number of rotatable bonds is 1. The summed E-state index contributed by atoms with van der Waals surface area (Å²) in [5, 5.41) is 1.36. The Hall–Kier alpha value is -0.280. The standard InChI is InChI=1S/C5H5ClN2S/c1-9-5-7-3-2-4(6)8-5/h2-3H,1H3/p+1. The van der Waals surface area contributed by atoms with E-state index >= 15 is 0 Å². The topological polar surface area (TPSA) is 27.0 Å². The molecule has 0 fully saturated rings. The van der Waals surface area contributed by atoms with Gasteiger partial charge in [0, 0.05) is 6.07 Å². The van der Waals surface area contributed by atoms with E-state index < -0.39 is 0 Å². The molecule has 1 aromatic heterocycles. The van der Waals surface area contributed by atoms with E-state index in [1.54, 1.807) is 12.3 Å². The molecule has 0 aliphatic heterocycles. The number of aromatic amines is 1. The van der Waals surface area contributed by atoms with Crippen molar-refractivity contribution in [3.05, 3.63) is 17.4 Å². The molecule has 0 amide bonds. The lowest BCUT2D eigenvalue weighted by atomic mass is 10.7. The van der Waals surface area contributed by atoms with Crippen LogP contribution in [0.25, 0.3) is 0 Å². The van der Waals surface area contributed by atoms with Gasteiger partial charge in [-0.05, 0) is 34.6 Å². The fraction of sp³-hybridized carbons (Fsp3) is 0.200. The van der Waals surface area contributed by atoms with E-state index in [0.29, 0.717) is 5.15 Å². The van der Waals surface area contributed by atoms with E-state index in [1.807, 2.05) is 6.26 Å². The molecule has 4 heteroatoms. The maximum absolute atomic E-state index is 5.58. The Bertz CT molecular complexity index is 204. The first-order valence-corrected chi connectivity index (χ1v) is 4.01. The quantitative estimate of drug-likeness (QED) is 0.353. The van der Waals surface area contributed by atoms with Crippen LogP contribution in [0, 0.1) is 0 Å². The molecule has 1 N–H and O–H groups in total. The highest BCUT2D eigenvalue weighted by atomic mass is 35.5. The molecule has 0 aliphatic rings. The second-order valence-electron chi connectivity index (χ2n) is 1.42. The molecule has 2 nitrogen and oxygen atoms in total. The molecule has 0 bridgehead atoms. The zero-order valence-electron chi connectivity index (χ0n) is 4.89. The minimum atomic E-state index is 0.526. The van der Waals surface area contributed by atoms with Crippen molar-refractivity contribution in [1.29, 1.82) is 0 Å². The number of hydrogen-bond donors (Lipinski definition) is 0. The van der Waals surface area contributed by atoms with Crippen molar-refractivity contribution in [2.45, 2.75) is 5.16 Å². The average molecular weight is 162 g/mol. The number of nitrogens with zero attached hydrogens (tertiary/aromatic N) is 1. The molecule has 1 rings (SSSR count). The monoisotopic (exact) mass is 161 g/mol. The third kappa shape index (κ3) is 1.84. The van der Waals surface area contributed by atoms with Gasteiger partial charge in [0.05, 0.1) is 6.20 Å². The summed E-state index contributed by atoms with van der Waals surface area (Å²) in [6.07, 6.45) is 3.70. The summed E-state index contributed by atoms with van der Waals surface area (Å²) < 4.78 is 0. The van der Waals surface area contributed by atoms with Crippen LogP contribution in [-0.4, -0.2) is 11.2 Å². The Labute approximate surface area is 62.7 Å². The number of hydrogen-bond acceptors (Lipinski definition) is 2. The van der Waals surface area contributed by atoms with Crippen LogP contribution in [0.1, 0.15) is 0 Å². The Kier molecular flexibility index (Phi) is 2.30. The summed E-state index contributed by atoms with van der Waals surface area (Å²) >= 11 is 7.11. The molecular formula is C5H6ClN2S+. The molecular weight excluding hydrogens is 156 g/mol. The average Bonchev–Trinajstić information content (AvgIpc) is 1.88. The van der Waals surface area contributed by atoms with Gasteiger partial charge in [-0.3, -0.25) is 0 Å². The van der Waals surface area contributed by atoms with Crippen LogP contribution in [0.3, 0.4) is 0 Å². The normalized spacial score (nSPS) is 9.56. The van der Waals surface area contributed by atoms with Gasteiger partial charge in [0.15, 0.2) is 0 Å². The van der Waals surface area contributed by atoms with Gasteiger partial charge < -0.3 is 0 Å². The van der Waals surface area contributed by atoms with Crippen LogP contribution in [0.15, 0.2) is 17.4 Å². The van der Waals surface area contributed by atoms with Gasteiger partial charge in [-0.1, -0.05) is 0 Å². The summed E-state index contributed by atoms with van der Waals surface area (Å²) in [5.41, 5.74) is 0. The minimum absolute atomic E-state index is 0.526. The third-order valence-electron chi connectivity index (χ3n) is 0.829. The molecule has 0 radical (unpaired) electrons. The number of H-pyrrole nitrogens is 1. The van der Waals surface area contributed by atoms with Crippen molar-refractivity contribution in [2.24, 2.45) is 0 Å². The summed E-state index contributed by atoms with van der Waals surface area (Å²) in [4.78, 5) is 6.89. The van der Waals surface area contributed by atoms with Crippen molar-refractivity contribution in [2.75, 3.05) is 6.26 Å². The van der Waals surface area contributed by atoms with Crippen molar-refractivity contribution in [3.8, 4) is 0 Å². The predicted octanol–water partition coefficient (Wildman–Crippen LogP) is 1.27. The molecule has 0 aromatic carbocycles. The lowest BCUT2D eigenvalue weighted by Crippen LogP contribution is -2.06. The smallest absolute Gasteiger partial charge is 0.238 e. The second-order valence-corrected chi connectivity index (χ2v) is 2.60. The Balaban J connectivity index is 2.94. The van der Waals surface area contributed by atoms with Crippen LogP contribution < -0.4 is 4.98 Å². The first-order chi connectivity index (χ1) is 4.33. The molecule has 1 heterocycles. The van der Waals surface area contributed by atoms with E-state index in [0.717, 1.165) is 5.16 Å². The maximum Gasteiger partial charge on any atom is 0.358 e. The number of halogens is 1. The van der Waals surface area contributed by atoms with Gasteiger partial charge in [-0.25, -0.2) is 4.98 Å². The lowest BCUT2D eigenvalue weighted by Gasteiger charge is -1.81. The van der Waals surface area contributed by atoms with E-state index in [2.05, 4.69) is 9.97 Å². The number of thioether (sulfide) groups is 1. The molecule has 48 valence electrons. The fourth-order valence-corrected chi connectivity index (χ4v) is 1.03. The molecule has 0 aliphatic carbocycles. The first kappa shape index (κ1) is 6.83. The molecule has 0 atom stereocenters. The number of nitrogens with one attached hydrogen (secondary N) is 1. The van der Waals surface area contributed by atoms with E-state index in [-0.39, 0.29) is 0 Å². The maximum atomic E-state index is 5.58. The molecule has 0 saturated carbocycles. The van der Waals surface area contributed by atoms with Crippen molar-refractivity contribution >= 4 is 23.4 Å². The van der Waals surface area contributed by atoms with E-state index in [1.165, 1.54) is 11.8 Å². The van der Waals surface area contributed by atoms with Gasteiger partial charge in [-0.2, -0.15) is 0 Å². The zero-order valence-corrected chi connectivity index (χ0v) is 6.46. The molecule has 0 unspecified atom stereocenters. The highest BCUT2D eigenvalue weighted by Gasteiger charge is 2.02. The Morgan fingerprint density at radius 3 is 3.00 bits per heavy atom. The van der Waals surface area contributed by atoms with Crippen molar-refractivity contribution < 1.29 is 4.98 Å². The minimum Gasteiger partial charge on any atom is -0.238 e. The van der Waals surface area contributed by atoms with Gasteiger partial charge in [0.2, 0.25) is 5.15 Å². The summed E-state index contributed by atoms with van der Waals surface area (Å²) in [6.45, 7) is 0. The van der Waals surface area contributed by atoms with Crippen LogP contribution in [0.2, 0.25) is 5.15 Å². The van der Waals surface area contributed by atoms with Crippen molar-refractivity contribution in [3.63, 3.8) is 0 Å². The molecule has 0 spiro atoms. The predicted molar refractivity (Wildman–Crippen MR) is 37.6 cm³/mol. The largest absolute Gasteiger partial charge is 0.358 e. The summed E-state index contributed by atoms with van der Waals surface area (Å²) in [5.74, 6) is 0. The Morgan fingerprint density at radius 2 is 2.56 bits per heavy atom. The van der Waals surface area contributed by atoms with Crippen LogP contribution in [-0.2, 0) is 0 Å². The second kappa shape index (κ2) is 3.03. The van der Waals surface area contributed by atoms with E-state index in [4.69, 9.17) is 11.6 Å². The van der Waals surface area contributed by atoms with Crippen LogP contribution in [0.4, 0.5) is 0 Å². The molecule has 1 aromatic rings. The zero-order chi connectivity index (χ0) is 6.69. The first-order valence-electron chi connectivity index (χ1n) is 2.41. The summed E-state index contributed by atoms with van der Waals surface area (Å²) in [6, 6.07) is 1.71. The highest BCUT2D eigenvalue weighted by Crippen LogP contribution is 2.06. The van der Waals surface area contributed by atoms with Crippen LogP contribution >= 0.6 is 23.4 Å². The van der Waals surface area contributed by atoms with Gasteiger partial charge in [0.1, 0.15) is 0 Å². The van der Waals surface area contributed by atoms with Gasteiger partial charge in [0.25, 0.3) is 0 Å². The molecule has 9 heavy (non-hydrogen) atoms. The van der Waals surface area contributed by atoms with Gasteiger partial charge in [-0.15, -0.1) is 0 Å². The third-order valence-corrected chi connectivity index (χ3v) is 1.64. The number of aromatic nitrogens is 2. The van der Waals surface area contributed by atoms with Crippen molar-refractivity contribution in [1.82, 2.24) is 4.98 Å². The fourth-order valence-electron chi connectivity index (χ4n) is 0.453. The molecule has 0 saturated heterocycles. The lowest BCUT2D eigenvalue weighted by molar-refractivity contribution is -0.433. The SMILES string of the molecule is CSc1nc(Cl)cc[nH+]1. The van der Waals surface area contributed by atoms with E-state index in [9.17, 15) is 0 Å². The summed E-state index contributed by atoms with van der Waals surface area (Å²) in [7, 11) is 0. The Morgan fingerprint density at radius 1 is 1.78 bits per heavy atom. The highest BCUT2D eigenvalue weighted by molar-refractivity contribution is 7.98. The van der Waals surface area contributed by atoms with Gasteiger partial charge >= 0.3 is 5.16 Å². The van der Waals surface area contributed by atoms with Crippen LogP contribution in [0.5, 0.6) is 0 Å².